The van der Waals surface area contributed by atoms with Crippen molar-refractivity contribution in [1.82, 2.24) is 10.2 Å². The maximum Gasteiger partial charge on any atom is 0.193 e. The number of hydrogen-bond acceptors (Lipinski definition) is 3. The van der Waals surface area contributed by atoms with E-state index in [0.29, 0.717) is 13.2 Å². The Morgan fingerprint density at radius 2 is 2.00 bits per heavy atom. The highest BCUT2D eigenvalue weighted by Crippen LogP contribution is 2.16. The highest BCUT2D eigenvalue weighted by molar-refractivity contribution is 5.79. The van der Waals surface area contributed by atoms with E-state index in [1.54, 1.807) is 7.11 Å². The zero-order valence-electron chi connectivity index (χ0n) is 14.5. The van der Waals surface area contributed by atoms with Gasteiger partial charge in [0, 0.05) is 20.1 Å². The lowest BCUT2D eigenvalue weighted by atomic mass is 10.3. The van der Waals surface area contributed by atoms with E-state index in [-0.39, 0.29) is 0 Å². The van der Waals surface area contributed by atoms with Crippen LogP contribution >= 0.6 is 0 Å². The average Bonchev–Trinajstić information content (AvgIpc) is 2.58. The quantitative estimate of drug-likeness (QED) is 0.312. The molecule has 0 radical (unpaired) electrons. The zero-order chi connectivity index (χ0) is 16.9. The first-order valence-corrected chi connectivity index (χ1v) is 8.08. The summed E-state index contributed by atoms with van der Waals surface area (Å²) in [5, 5.41) is 3.30. The number of nitrogens with one attached hydrogen (secondary N) is 1. The Morgan fingerprint density at radius 1 is 1.30 bits per heavy atom. The predicted molar refractivity (Wildman–Crippen MR) is 96.5 cm³/mol. The van der Waals surface area contributed by atoms with Gasteiger partial charge in [-0.3, -0.25) is 0 Å². The zero-order valence-corrected chi connectivity index (χ0v) is 14.5. The Balaban J connectivity index is 2.41. The number of nitrogens with zero attached hydrogens (tertiary/aromatic N) is 2. The maximum atomic E-state index is 5.69. The molecule has 0 unspecified atom stereocenters. The van der Waals surface area contributed by atoms with E-state index < -0.39 is 0 Å². The minimum atomic E-state index is 0.543. The van der Waals surface area contributed by atoms with Crippen molar-refractivity contribution >= 4 is 5.96 Å². The van der Waals surface area contributed by atoms with Gasteiger partial charge in [0.25, 0.3) is 0 Å². The van der Waals surface area contributed by atoms with Crippen LogP contribution in [0.4, 0.5) is 0 Å². The van der Waals surface area contributed by atoms with E-state index in [2.05, 4.69) is 35.8 Å². The van der Waals surface area contributed by atoms with Gasteiger partial charge in [0.15, 0.2) is 5.96 Å². The normalized spacial score (nSPS) is 11.0. The number of hydrogen-bond donors (Lipinski definition) is 1. The summed E-state index contributed by atoms with van der Waals surface area (Å²) in [5.41, 5.74) is 0. The van der Waals surface area contributed by atoms with Crippen LogP contribution in [0.3, 0.4) is 0 Å². The molecular formula is C18H29N3O2. The Hall–Kier alpha value is -2.17. The second kappa shape index (κ2) is 11.4. The monoisotopic (exact) mass is 319 g/mol. The molecular weight excluding hydrogens is 290 g/mol. The summed E-state index contributed by atoms with van der Waals surface area (Å²) in [7, 11) is 3.70. The number of allylic oxidation sites excluding steroid dienone is 1. The molecule has 0 spiro atoms. The third-order valence-corrected chi connectivity index (χ3v) is 3.28. The summed E-state index contributed by atoms with van der Waals surface area (Å²) in [5.74, 6) is 2.56. The summed E-state index contributed by atoms with van der Waals surface area (Å²) < 4.78 is 10.8. The number of guanidine groups is 1. The van der Waals surface area contributed by atoms with Crippen molar-refractivity contribution < 1.29 is 9.47 Å². The number of unbranched alkanes of at least 4 members (excludes halogenated alkanes) is 1. The SMILES string of the molecule is C=CCCCN(C)C(=NCCOc1ccc(OC)cc1)NCC. The second-order valence-electron chi connectivity index (χ2n) is 5.11. The van der Waals surface area contributed by atoms with Gasteiger partial charge in [0.2, 0.25) is 0 Å². The van der Waals surface area contributed by atoms with Gasteiger partial charge < -0.3 is 19.7 Å². The number of ether oxygens (including phenoxy) is 2. The van der Waals surface area contributed by atoms with Crippen molar-refractivity contribution in [2.75, 3.05) is 40.4 Å². The fourth-order valence-corrected chi connectivity index (χ4v) is 2.04. The number of methoxy groups -OCH3 is 1. The molecule has 0 fully saturated rings. The van der Waals surface area contributed by atoms with Crippen molar-refractivity contribution in [1.29, 1.82) is 0 Å². The molecule has 0 aliphatic carbocycles. The molecule has 0 heterocycles. The Labute approximate surface area is 140 Å². The molecule has 0 bridgehead atoms. The summed E-state index contributed by atoms with van der Waals surface area (Å²) in [6.45, 7) is 8.78. The molecule has 1 aromatic rings. The molecule has 0 aliphatic heterocycles. The van der Waals surface area contributed by atoms with Crippen LogP contribution < -0.4 is 14.8 Å². The van der Waals surface area contributed by atoms with Crippen LogP contribution in [0.15, 0.2) is 41.9 Å². The van der Waals surface area contributed by atoms with E-state index >= 15 is 0 Å². The molecule has 0 aliphatic rings. The van der Waals surface area contributed by atoms with Gasteiger partial charge in [-0.25, -0.2) is 4.99 Å². The lowest BCUT2D eigenvalue weighted by Gasteiger charge is -2.21. The Bertz CT molecular complexity index is 472. The van der Waals surface area contributed by atoms with E-state index in [4.69, 9.17) is 9.47 Å². The number of aliphatic imine (C=N–C) groups is 1. The van der Waals surface area contributed by atoms with Gasteiger partial charge in [0.05, 0.1) is 13.7 Å². The largest absolute Gasteiger partial charge is 0.497 e. The van der Waals surface area contributed by atoms with Crippen molar-refractivity contribution in [3.05, 3.63) is 36.9 Å². The fourth-order valence-electron chi connectivity index (χ4n) is 2.04. The Morgan fingerprint density at radius 3 is 2.61 bits per heavy atom. The Kier molecular flexibility index (Phi) is 9.36. The fraction of sp³-hybridized carbons (Fsp3) is 0.500. The standard InChI is InChI=1S/C18H29N3O2/c1-5-7-8-14-21(3)18(19-6-2)20-13-15-23-17-11-9-16(22-4)10-12-17/h5,9-12H,1,6-8,13-15H2,2-4H3,(H,19,20). The van der Waals surface area contributed by atoms with Gasteiger partial charge in [0.1, 0.15) is 18.1 Å². The highest BCUT2D eigenvalue weighted by atomic mass is 16.5. The van der Waals surface area contributed by atoms with Crippen molar-refractivity contribution in [2.45, 2.75) is 19.8 Å². The third-order valence-electron chi connectivity index (χ3n) is 3.28. The van der Waals surface area contributed by atoms with Crippen LogP contribution in [0.5, 0.6) is 11.5 Å². The van der Waals surface area contributed by atoms with Crippen LogP contribution in [0.2, 0.25) is 0 Å². The molecule has 1 N–H and O–H groups in total. The highest BCUT2D eigenvalue weighted by Gasteiger charge is 2.04. The van der Waals surface area contributed by atoms with Crippen molar-refractivity contribution in [3.8, 4) is 11.5 Å². The summed E-state index contributed by atoms with van der Waals surface area (Å²) in [4.78, 5) is 6.74. The molecule has 0 amide bonds. The first-order chi connectivity index (χ1) is 11.2. The van der Waals surface area contributed by atoms with Crippen LogP contribution in [0.1, 0.15) is 19.8 Å². The lowest BCUT2D eigenvalue weighted by molar-refractivity contribution is 0.326. The predicted octanol–water partition coefficient (Wildman–Crippen LogP) is 2.94. The van der Waals surface area contributed by atoms with Crippen molar-refractivity contribution in [2.24, 2.45) is 4.99 Å². The summed E-state index contributed by atoms with van der Waals surface area (Å²) >= 11 is 0. The van der Waals surface area contributed by atoms with E-state index in [1.165, 1.54) is 0 Å². The van der Waals surface area contributed by atoms with Gasteiger partial charge in [-0.15, -0.1) is 6.58 Å². The van der Waals surface area contributed by atoms with E-state index in [9.17, 15) is 0 Å². The van der Waals surface area contributed by atoms with Crippen LogP contribution in [0.25, 0.3) is 0 Å². The maximum absolute atomic E-state index is 5.69. The van der Waals surface area contributed by atoms with Crippen LogP contribution in [-0.2, 0) is 0 Å². The number of benzene rings is 1. The molecule has 0 saturated heterocycles. The molecule has 0 atom stereocenters. The van der Waals surface area contributed by atoms with Crippen molar-refractivity contribution in [3.63, 3.8) is 0 Å². The molecule has 128 valence electrons. The minimum absolute atomic E-state index is 0.543. The molecule has 0 saturated carbocycles. The van der Waals surface area contributed by atoms with Gasteiger partial charge in [-0.05, 0) is 44.0 Å². The molecule has 0 aromatic heterocycles. The van der Waals surface area contributed by atoms with E-state index in [1.807, 2.05) is 30.3 Å². The van der Waals surface area contributed by atoms with Gasteiger partial charge in [-0.1, -0.05) is 6.08 Å². The molecule has 5 nitrogen and oxygen atoms in total. The second-order valence-corrected chi connectivity index (χ2v) is 5.11. The first kappa shape index (κ1) is 18.9. The third kappa shape index (κ3) is 7.58. The van der Waals surface area contributed by atoms with Crippen LogP contribution in [-0.4, -0.2) is 51.3 Å². The molecule has 1 rings (SSSR count). The van der Waals surface area contributed by atoms with E-state index in [0.717, 1.165) is 43.4 Å². The molecule has 5 heteroatoms. The van der Waals surface area contributed by atoms with Gasteiger partial charge in [-0.2, -0.15) is 0 Å². The number of rotatable bonds is 10. The minimum Gasteiger partial charge on any atom is -0.497 e. The first-order valence-electron chi connectivity index (χ1n) is 8.08. The topological polar surface area (TPSA) is 46.1 Å². The van der Waals surface area contributed by atoms with Gasteiger partial charge >= 0.3 is 0 Å². The lowest BCUT2D eigenvalue weighted by Crippen LogP contribution is -2.39. The average molecular weight is 319 g/mol. The van der Waals surface area contributed by atoms with Crippen LogP contribution in [0, 0.1) is 0 Å². The molecule has 23 heavy (non-hydrogen) atoms. The smallest absolute Gasteiger partial charge is 0.193 e. The molecule has 1 aromatic carbocycles. The summed E-state index contributed by atoms with van der Waals surface area (Å²) in [6, 6.07) is 7.57. The summed E-state index contributed by atoms with van der Waals surface area (Å²) in [6.07, 6.45) is 4.04.